The summed E-state index contributed by atoms with van der Waals surface area (Å²) in [6.45, 7) is 16.3. The first-order chi connectivity index (χ1) is 8.97. The number of aliphatic hydroxyl groups is 2. The molecular weight excluding hydrogens is 284 g/mol. The van der Waals surface area contributed by atoms with Crippen LogP contribution < -0.4 is 0 Å². The molecular formula is C15H28O3Si2. The van der Waals surface area contributed by atoms with Crippen molar-refractivity contribution in [2.24, 2.45) is 5.41 Å². The minimum Gasteiger partial charge on any atom is -0.395 e. The Morgan fingerprint density at radius 3 is 1.95 bits per heavy atom. The zero-order valence-corrected chi connectivity index (χ0v) is 15.6. The van der Waals surface area contributed by atoms with Crippen molar-refractivity contribution in [2.45, 2.75) is 44.8 Å². The standard InChI is InChI=1S/C15H28O3Si2/c1-8-15(10-17)11(9-16)13(19(2,3)4)12(18)14(15)20(5,6)7/h8,14,16-17H,1,9-10H2,2-7H3. The van der Waals surface area contributed by atoms with Crippen molar-refractivity contribution in [1.29, 1.82) is 0 Å². The molecule has 3 nitrogen and oxygen atoms in total. The quantitative estimate of drug-likeness (QED) is 0.606. The first-order valence-corrected chi connectivity index (χ1v) is 14.2. The maximum absolute atomic E-state index is 13.0. The Bertz CT molecular complexity index is 455. The lowest BCUT2D eigenvalue weighted by Gasteiger charge is -2.39. The summed E-state index contributed by atoms with van der Waals surface area (Å²) < 4.78 is 0. The summed E-state index contributed by atoms with van der Waals surface area (Å²) in [5.41, 5.74) is -0.251. The van der Waals surface area contributed by atoms with Crippen molar-refractivity contribution >= 4 is 21.9 Å². The van der Waals surface area contributed by atoms with Crippen molar-refractivity contribution in [1.82, 2.24) is 0 Å². The van der Waals surface area contributed by atoms with Crippen LogP contribution in [0.5, 0.6) is 0 Å². The van der Waals surface area contributed by atoms with Gasteiger partial charge in [-0.15, -0.1) is 6.58 Å². The van der Waals surface area contributed by atoms with Crippen LogP contribution in [-0.4, -0.2) is 45.4 Å². The van der Waals surface area contributed by atoms with E-state index in [0.717, 1.165) is 10.8 Å². The number of ketones is 1. The molecule has 0 amide bonds. The topological polar surface area (TPSA) is 57.5 Å². The molecule has 1 aliphatic carbocycles. The van der Waals surface area contributed by atoms with Gasteiger partial charge in [-0.3, -0.25) is 4.79 Å². The zero-order chi connectivity index (χ0) is 15.9. The summed E-state index contributed by atoms with van der Waals surface area (Å²) in [5, 5.41) is 20.7. The Labute approximate surface area is 124 Å². The summed E-state index contributed by atoms with van der Waals surface area (Å²) >= 11 is 0. The van der Waals surface area contributed by atoms with Gasteiger partial charge in [-0.1, -0.05) is 45.4 Å². The van der Waals surface area contributed by atoms with E-state index in [-0.39, 0.29) is 24.5 Å². The fourth-order valence-corrected chi connectivity index (χ4v) is 8.75. The highest BCUT2D eigenvalue weighted by molar-refractivity contribution is 6.91. The van der Waals surface area contributed by atoms with Gasteiger partial charge < -0.3 is 10.2 Å². The molecule has 0 aromatic carbocycles. The van der Waals surface area contributed by atoms with Gasteiger partial charge in [-0.25, -0.2) is 0 Å². The van der Waals surface area contributed by atoms with Crippen LogP contribution in [-0.2, 0) is 4.79 Å². The molecule has 114 valence electrons. The van der Waals surface area contributed by atoms with E-state index < -0.39 is 21.6 Å². The highest BCUT2D eigenvalue weighted by Gasteiger charge is 2.57. The van der Waals surface area contributed by atoms with Gasteiger partial charge in [0.15, 0.2) is 5.78 Å². The van der Waals surface area contributed by atoms with Crippen LogP contribution in [0.1, 0.15) is 0 Å². The Balaban J connectivity index is 3.68. The van der Waals surface area contributed by atoms with Gasteiger partial charge >= 0.3 is 0 Å². The third-order valence-corrected chi connectivity index (χ3v) is 8.84. The fraction of sp³-hybridized carbons (Fsp3) is 0.667. The predicted octanol–water partition coefficient (Wildman–Crippen LogP) is 2.61. The first kappa shape index (κ1) is 17.6. The van der Waals surface area contributed by atoms with Gasteiger partial charge in [0.25, 0.3) is 0 Å². The number of allylic oxidation sites excluding steroid dienone is 1. The molecule has 0 heterocycles. The van der Waals surface area contributed by atoms with Gasteiger partial charge in [0.05, 0.1) is 29.4 Å². The molecule has 1 aliphatic rings. The minimum atomic E-state index is -1.88. The van der Waals surface area contributed by atoms with Crippen molar-refractivity contribution < 1.29 is 15.0 Å². The second-order valence-electron chi connectivity index (χ2n) is 7.83. The maximum Gasteiger partial charge on any atom is 0.156 e. The van der Waals surface area contributed by atoms with E-state index in [1.54, 1.807) is 6.08 Å². The van der Waals surface area contributed by atoms with Crippen molar-refractivity contribution in [2.75, 3.05) is 13.2 Å². The Morgan fingerprint density at radius 2 is 1.70 bits per heavy atom. The van der Waals surface area contributed by atoms with E-state index in [1.165, 1.54) is 0 Å². The number of carbonyl (C=O) groups excluding carboxylic acids is 1. The molecule has 2 unspecified atom stereocenters. The van der Waals surface area contributed by atoms with Gasteiger partial charge in [-0.2, -0.15) is 0 Å². The Kier molecular flexibility index (Phi) is 4.71. The summed E-state index contributed by atoms with van der Waals surface area (Å²) in [5.74, 6) is 0.154. The minimum absolute atomic E-state index is 0.152. The second kappa shape index (κ2) is 5.37. The van der Waals surface area contributed by atoms with Crippen molar-refractivity contribution in [3.05, 3.63) is 23.4 Å². The normalized spacial score (nSPS) is 28.2. The van der Waals surface area contributed by atoms with Crippen LogP contribution in [0.25, 0.3) is 0 Å². The predicted molar refractivity (Wildman–Crippen MR) is 89.3 cm³/mol. The summed E-state index contributed by atoms with van der Waals surface area (Å²) in [6, 6.07) is 0. The van der Waals surface area contributed by atoms with Crippen molar-refractivity contribution in [3.8, 4) is 0 Å². The van der Waals surface area contributed by atoms with E-state index in [0.29, 0.717) is 0 Å². The molecule has 0 radical (unpaired) electrons. The highest BCUT2D eigenvalue weighted by Crippen LogP contribution is 2.55. The molecule has 0 saturated heterocycles. The lowest BCUT2D eigenvalue weighted by Crippen LogP contribution is -2.44. The fourth-order valence-electron chi connectivity index (χ4n) is 3.64. The number of Topliss-reactive ketones (excluding diaryl/α,β-unsaturated/α-hetero) is 1. The summed E-state index contributed by atoms with van der Waals surface area (Å²) in [7, 11) is -3.73. The van der Waals surface area contributed by atoms with Gasteiger partial charge in [0.2, 0.25) is 0 Å². The molecule has 0 spiro atoms. The largest absolute Gasteiger partial charge is 0.395 e. The number of carbonyl (C=O) groups is 1. The van der Waals surface area contributed by atoms with Crippen LogP contribution in [0.15, 0.2) is 23.4 Å². The van der Waals surface area contributed by atoms with Gasteiger partial charge in [0.1, 0.15) is 0 Å². The van der Waals surface area contributed by atoms with Crippen LogP contribution in [0, 0.1) is 5.41 Å². The molecule has 2 N–H and O–H groups in total. The summed E-state index contributed by atoms with van der Waals surface area (Å²) in [6.07, 6.45) is 1.70. The Morgan fingerprint density at radius 1 is 1.20 bits per heavy atom. The van der Waals surface area contributed by atoms with E-state index >= 15 is 0 Å². The Hall–Kier alpha value is -0.496. The number of aliphatic hydroxyl groups excluding tert-OH is 2. The highest BCUT2D eigenvalue weighted by atomic mass is 28.3. The van der Waals surface area contributed by atoms with E-state index in [9.17, 15) is 15.0 Å². The molecule has 0 bridgehead atoms. The zero-order valence-electron chi connectivity index (χ0n) is 13.6. The maximum atomic E-state index is 13.0. The molecule has 1 rings (SSSR count). The molecule has 0 aromatic rings. The van der Waals surface area contributed by atoms with Gasteiger partial charge in [-0.05, 0) is 10.8 Å². The monoisotopic (exact) mass is 312 g/mol. The van der Waals surface area contributed by atoms with Crippen LogP contribution in [0.2, 0.25) is 44.8 Å². The third-order valence-electron chi connectivity index (χ3n) is 4.29. The van der Waals surface area contributed by atoms with E-state index in [1.807, 2.05) is 0 Å². The second-order valence-corrected chi connectivity index (χ2v) is 18.1. The molecule has 5 heteroatoms. The number of hydrogen-bond acceptors (Lipinski definition) is 3. The molecule has 0 fully saturated rings. The molecule has 0 aromatic heterocycles. The molecule has 0 aliphatic heterocycles. The lowest BCUT2D eigenvalue weighted by atomic mass is 9.81. The molecule has 20 heavy (non-hydrogen) atoms. The average molecular weight is 313 g/mol. The number of hydrogen-bond donors (Lipinski definition) is 2. The average Bonchev–Trinajstić information content (AvgIpc) is 2.56. The molecule has 0 saturated carbocycles. The van der Waals surface area contributed by atoms with E-state index in [2.05, 4.69) is 45.9 Å². The smallest absolute Gasteiger partial charge is 0.156 e. The number of rotatable bonds is 5. The van der Waals surface area contributed by atoms with Gasteiger partial charge in [0, 0.05) is 11.0 Å². The van der Waals surface area contributed by atoms with Crippen LogP contribution in [0.3, 0.4) is 0 Å². The third kappa shape index (κ3) is 2.52. The van der Waals surface area contributed by atoms with Crippen LogP contribution in [0.4, 0.5) is 0 Å². The lowest BCUT2D eigenvalue weighted by molar-refractivity contribution is -0.115. The first-order valence-electron chi connectivity index (χ1n) is 7.11. The molecule has 2 atom stereocenters. The van der Waals surface area contributed by atoms with E-state index in [4.69, 9.17) is 0 Å². The summed E-state index contributed by atoms with van der Waals surface area (Å²) in [4.78, 5) is 13.0. The van der Waals surface area contributed by atoms with Crippen molar-refractivity contribution in [3.63, 3.8) is 0 Å². The SMILES string of the molecule is C=CC1(CO)C(CO)=C([Si](C)(C)C)C(=O)C1[Si](C)(C)C. The van der Waals surface area contributed by atoms with Crippen LogP contribution >= 0.6 is 0 Å².